The van der Waals surface area contributed by atoms with E-state index in [9.17, 15) is 13.2 Å². The topological polar surface area (TPSA) is 89.7 Å². The normalized spacial score (nSPS) is 36.5. The van der Waals surface area contributed by atoms with Crippen molar-refractivity contribution in [3.05, 3.63) is 0 Å². The lowest BCUT2D eigenvalue weighted by molar-refractivity contribution is -0.144. The zero-order chi connectivity index (χ0) is 14.2. The summed E-state index contributed by atoms with van der Waals surface area (Å²) in [4.78, 5) is 14.0. The summed E-state index contributed by atoms with van der Waals surface area (Å²) in [6, 6.07) is -0.299. The highest BCUT2D eigenvalue weighted by Crippen LogP contribution is 2.25. The van der Waals surface area contributed by atoms with Crippen LogP contribution in [0.15, 0.2) is 0 Å². The van der Waals surface area contributed by atoms with Gasteiger partial charge in [-0.3, -0.25) is 4.79 Å². The molecule has 2 heterocycles. The molecule has 2 N–H and O–H groups in total. The van der Waals surface area contributed by atoms with E-state index in [-0.39, 0.29) is 42.8 Å². The first-order valence-corrected chi connectivity index (χ1v) is 8.46. The van der Waals surface area contributed by atoms with Crippen LogP contribution >= 0.6 is 12.4 Å². The fourth-order valence-corrected chi connectivity index (χ4v) is 4.30. The predicted molar refractivity (Wildman–Crippen MR) is 78.6 cm³/mol. The average molecular weight is 327 g/mol. The highest BCUT2D eigenvalue weighted by atomic mass is 35.5. The van der Waals surface area contributed by atoms with Gasteiger partial charge in [-0.05, 0) is 26.7 Å². The lowest BCUT2D eigenvalue weighted by Gasteiger charge is -2.38. The molecule has 8 heteroatoms. The number of rotatable bonds is 2. The molecule has 2 fully saturated rings. The van der Waals surface area contributed by atoms with Crippen molar-refractivity contribution < 1.29 is 17.9 Å². The fourth-order valence-electron chi connectivity index (χ4n) is 2.73. The van der Waals surface area contributed by atoms with Crippen molar-refractivity contribution in [2.45, 2.75) is 50.2 Å². The number of hydrogen-bond acceptors (Lipinski definition) is 5. The van der Waals surface area contributed by atoms with Crippen LogP contribution in [0.5, 0.6) is 0 Å². The maximum absolute atomic E-state index is 12.4. The molecule has 0 bridgehead atoms. The molecule has 0 aromatic heterocycles. The van der Waals surface area contributed by atoms with Crippen LogP contribution in [0.1, 0.15) is 26.7 Å². The molecule has 2 unspecified atom stereocenters. The van der Waals surface area contributed by atoms with Gasteiger partial charge in [-0.1, -0.05) is 0 Å². The van der Waals surface area contributed by atoms with Crippen LogP contribution in [0.3, 0.4) is 0 Å². The molecule has 0 aromatic carbocycles. The average Bonchev–Trinajstić information content (AvgIpc) is 2.84. The maximum Gasteiger partial charge on any atom is 0.252 e. The summed E-state index contributed by atoms with van der Waals surface area (Å²) in [7, 11) is -3.07. The lowest BCUT2D eigenvalue weighted by atomic mass is 10.1. The molecule has 4 atom stereocenters. The minimum atomic E-state index is -3.07. The van der Waals surface area contributed by atoms with Gasteiger partial charge in [-0.15, -0.1) is 12.4 Å². The van der Waals surface area contributed by atoms with Crippen LogP contribution < -0.4 is 5.73 Å². The molecule has 0 aliphatic carbocycles. The van der Waals surface area contributed by atoms with Gasteiger partial charge in [-0.2, -0.15) is 0 Å². The summed E-state index contributed by atoms with van der Waals surface area (Å²) >= 11 is 0. The van der Waals surface area contributed by atoms with Crippen LogP contribution in [0.4, 0.5) is 0 Å². The second kappa shape index (κ2) is 6.60. The Balaban J connectivity index is 0.00000200. The fraction of sp³-hybridized carbons (Fsp3) is 0.917. The number of carbonyl (C=O) groups is 1. The largest absolute Gasteiger partial charge is 0.364 e. The summed E-state index contributed by atoms with van der Waals surface area (Å²) in [5.74, 6) is -0.0534. The molecule has 2 saturated heterocycles. The molecule has 0 spiro atoms. The predicted octanol–water partition coefficient (Wildman–Crippen LogP) is -0.0515. The third-order valence-corrected chi connectivity index (χ3v) is 6.56. The van der Waals surface area contributed by atoms with Gasteiger partial charge in [0.2, 0.25) is 0 Å². The molecule has 6 nitrogen and oxygen atoms in total. The van der Waals surface area contributed by atoms with E-state index in [2.05, 4.69) is 0 Å². The van der Waals surface area contributed by atoms with Gasteiger partial charge in [0.1, 0.15) is 6.10 Å². The Labute approximate surface area is 126 Å². The summed E-state index contributed by atoms with van der Waals surface area (Å²) in [5.41, 5.74) is 5.53. The molecule has 118 valence electrons. The Morgan fingerprint density at radius 2 is 2.00 bits per heavy atom. The molecule has 20 heavy (non-hydrogen) atoms. The van der Waals surface area contributed by atoms with E-state index in [1.54, 1.807) is 18.7 Å². The summed E-state index contributed by atoms with van der Waals surface area (Å²) < 4.78 is 29.2. The van der Waals surface area contributed by atoms with E-state index in [1.807, 2.05) is 0 Å². The van der Waals surface area contributed by atoms with E-state index >= 15 is 0 Å². The van der Waals surface area contributed by atoms with Crippen molar-refractivity contribution >= 4 is 28.2 Å². The minimum absolute atomic E-state index is 0. The summed E-state index contributed by atoms with van der Waals surface area (Å²) in [6.45, 7) is 4.14. The molecular weight excluding hydrogens is 304 g/mol. The van der Waals surface area contributed by atoms with Gasteiger partial charge >= 0.3 is 0 Å². The van der Waals surface area contributed by atoms with E-state index < -0.39 is 21.2 Å². The standard InChI is InChI=1S/C12H22N2O4S.ClH/c1-8-9(2)19(16,17)6-5-14(8)12(15)11-4-3-10(7-13)18-11;/h8-11H,3-7,13H2,1-2H3;1H/t8?,9?,10-,11+;/m1./s1. The van der Waals surface area contributed by atoms with E-state index in [0.717, 1.165) is 6.42 Å². The van der Waals surface area contributed by atoms with Gasteiger partial charge in [-0.25, -0.2) is 8.42 Å². The molecule has 0 aromatic rings. The van der Waals surface area contributed by atoms with E-state index in [4.69, 9.17) is 10.5 Å². The minimum Gasteiger partial charge on any atom is -0.364 e. The van der Waals surface area contributed by atoms with Gasteiger partial charge in [0, 0.05) is 19.1 Å². The highest BCUT2D eigenvalue weighted by molar-refractivity contribution is 7.92. The molecule has 0 radical (unpaired) electrons. The van der Waals surface area contributed by atoms with Crippen LogP contribution in [0.25, 0.3) is 0 Å². The number of halogens is 1. The van der Waals surface area contributed by atoms with Gasteiger partial charge in [0.15, 0.2) is 9.84 Å². The SMILES string of the molecule is CC1C(C)S(=O)(=O)CCN1C(=O)[C@@H]1CC[C@H](CN)O1.Cl. The number of amides is 1. The first-order chi connectivity index (χ1) is 8.86. The first-order valence-electron chi connectivity index (χ1n) is 6.74. The third-order valence-electron chi connectivity index (χ3n) is 4.28. The first kappa shape index (κ1) is 17.7. The Hall–Kier alpha value is -0.370. The van der Waals surface area contributed by atoms with E-state index in [0.29, 0.717) is 13.0 Å². The molecule has 0 saturated carbocycles. The Morgan fingerprint density at radius 3 is 2.55 bits per heavy atom. The van der Waals surface area contributed by atoms with Crippen LogP contribution in [0.2, 0.25) is 0 Å². The van der Waals surface area contributed by atoms with Crippen molar-refractivity contribution in [3.8, 4) is 0 Å². The van der Waals surface area contributed by atoms with Crippen molar-refractivity contribution in [1.29, 1.82) is 0 Å². The molecule has 2 aliphatic rings. The van der Waals surface area contributed by atoms with Crippen LogP contribution in [-0.4, -0.2) is 61.6 Å². The molecule has 1 amide bonds. The van der Waals surface area contributed by atoms with Gasteiger partial charge < -0.3 is 15.4 Å². The Morgan fingerprint density at radius 1 is 1.35 bits per heavy atom. The van der Waals surface area contributed by atoms with Crippen LogP contribution in [-0.2, 0) is 19.4 Å². The summed E-state index contributed by atoms with van der Waals surface area (Å²) in [6.07, 6.45) is 0.966. The zero-order valence-electron chi connectivity index (χ0n) is 11.8. The van der Waals surface area contributed by atoms with Crippen molar-refractivity contribution in [1.82, 2.24) is 4.90 Å². The Bertz CT molecular complexity index is 456. The number of sulfone groups is 1. The maximum atomic E-state index is 12.4. The zero-order valence-corrected chi connectivity index (χ0v) is 13.5. The number of ether oxygens (including phenoxy) is 1. The van der Waals surface area contributed by atoms with Crippen molar-refractivity contribution in [2.75, 3.05) is 18.8 Å². The second-order valence-electron chi connectivity index (χ2n) is 5.40. The van der Waals surface area contributed by atoms with Crippen molar-refractivity contribution in [3.63, 3.8) is 0 Å². The van der Waals surface area contributed by atoms with E-state index in [1.165, 1.54) is 0 Å². The van der Waals surface area contributed by atoms with Gasteiger partial charge in [0.05, 0.1) is 17.1 Å². The molecule has 2 aliphatic heterocycles. The Kier molecular flexibility index (Phi) is 5.83. The molecule has 2 rings (SSSR count). The monoisotopic (exact) mass is 326 g/mol. The summed E-state index contributed by atoms with van der Waals surface area (Å²) in [5, 5.41) is -0.517. The number of nitrogens with zero attached hydrogens (tertiary/aromatic N) is 1. The second-order valence-corrected chi connectivity index (χ2v) is 7.88. The third kappa shape index (κ3) is 3.27. The lowest BCUT2D eigenvalue weighted by Crippen LogP contribution is -2.56. The van der Waals surface area contributed by atoms with Gasteiger partial charge in [0.25, 0.3) is 5.91 Å². The number of carbonyl (C=O) groups excluding carboxylic acids is 1. The molecular formula is C12H23ClN2O4S. The van der Waals surface area contributed by atoms with Crippen molar-refractivity contribution in [2.24, 2.45) is 5.73 Å². The number of nitrogens with two attached hydrogens (primary N) is 1. The quantitative estimate of drug-likeness (QED) is 0.768. The smallest absolute Gasteiger partial charge is 0.252 e. The highest BCUT2D eigenvalue weighted by Gasteiger charge is 2.41. The van der Waals surface area contributed by atoms with Crippen LogP contribution in [0, 0.1) is 0 Å². The number of hydrogen-bond donors (Lipinski definition) is 1.